The van der Waals surface area contributed by atoms with E-state index in [4.69, 9.17) is 16.7 Å². The fraction of sp³-hybridized carbons (Fsp3) is 0.455. The largest absolute Gasteiger partial charge is 0.402 e. The molecule has 24 heavy (non-hydrogen) atoms. The summed E-state index contributed by atoms with van der Waals surface area (Å²) in [5.41, 5.74) is 0. The molecule has 0 aliphatic rings. The van der Waals surface area contributed by atoms with Gasteiger partial charge in [-0.2, -0.15) is 26.3 Å². The van der Waals surface area contributed by atoms with Gasteiger partial charge < -0.3 is 5.11 Å². The highest BCUT2D eigenvalue weighted by Gasteiger charge is 2.60. The van der Waals surface area contributed by atoms with Gasteiger partial charge in [0, 0.05) is 0 Å². The quantitative estimate of drug-likeness (QED) is 0.743. The summed E-state index contributed by atoms with van der Waals surface area (Å²) in [5, 5.41) is 8.31. The van der Waals surface area contributed by atoms with Crippen molar-refractivity contribution in [2.75, 3.05) is 6.61 Å². The van der Waals surface area contributed by atoms with Crippen LogP contribution in [-0.2, 0) is 10.0 Å². The minimum absolute atomic E-state index is 0.315. The molecule has 1 aromatic rings. The Bertz CT molecular complexity index is 676. The molecular weight excluding hydrogens is 395 g/mol. The lowest BCUT2D eigenvalue weighted by Gasteiger charge is -2.29. The minimum atomic E-state index is -5.88. The number of halogens is 8. The number of aliphatic hydroxyl groups excluding tert-OH is 1. The molecule has 0 saturated carbocycles. The summed E-state index contributed by atoms with van der Waals surface area (Å²) in [6.07, 6.45) is -11.8. The Morgan fingerprint density at radius 3 is 2.00 bits per heavy atom. The summed E-state index contributed by atoms with van der Waals surface area (Å²) in [6.45, 7) is -1.79. The minimum Gasteiger partial charge on any atom is -0.395 e. The van der Waals surface area contributed by atoms with Crippen LogP contribution in [0.2, 0.25) is 5.02 Å². The Balaban J connectivity index is 3.24. The zero-order valence-electron chi connectivity index (χ0n) is 11.3. The molecule has 4 nitrogen and oxygen atoms in total. The van der Waals surface area contributed by atoms with Crippen molar-refractivity contribution in [1.82, 2.24) is 4.72 Å². The number of sulfonamides is 1. The van der Waals surface area contributed by atoms with Crippen molar-refractivity contribution < 1.29 is 44.3 Å². The maximum Gasteiger partial charge on any atom is 0.402 e. The Morgan fingerprint density at radius 2 is 1.62 bits per heavy atom. The van der Waals surface area contributed by atoms with Crippen LogP contribution in [0.4, 0.5) is 30.7 Å². The summed E-state index contributed by atoms with van der Waals surface area (Å²) >= 11 is 5.31. The molecule has 0 bridgehead atoms. The fourth-order valence-electron chi connectivity index (χ4n) is 1.76. The molecule has 0 fully saturated rings. The maximum absolute atomic E-state index is 13.2. The van der Waals surface area contributed by atoms with Gasteiger partial charge in [0.2, 0.25) is 10.0 Å². The second-order valence-corrected chi connectivity index (χ2v) is 6.67. The predicted octanol–water partition coefficient (Wildman–Crippen LogP) is 2.86. The molecule has 0 heterocycles. The predicted molar refractivity (Wildman–Crippen MR) is 68.2 cm³/mol. The van der Waals surface area contributed by atoms with E-state index in [2.05, 4.69) is 0 Å². The van der Waals surface area contributed by atoms with E-state index in [-0.39, 0.29) is 0 Å². The lowest BCUT2D eigenvalue weighted by atomic mass is 10.00. The van der Waals surface area contributed by atoms with Gasteiger partial charge in [-0.15, -0.1) is 0 Å². The first-order valence-corrected chi connectivity index (χ1v) is 7.78. The lowest BCUT2D eigenvalue weighted by Crippen LogP contribution is -2.54. The third kappa shape index (κ3) is 4.94. The average molecular weight is 404 g/mol. The number of benzene rings is 1. The van der Waals surface area contributed by atoms with E-state index in [9.17, 15) is 39.2 Å². The highest BCUT2D eigenvalue weighted by atomic mass is 35.5. The van der Waals surface area contributed by atoms with Gasteiger partial charge in [0.1, 0.15) is 5.82 Å². The average Bonchev–Trinajstić information content (AvgIpc) is 2.37. The van der Waals surface area contributed by atoms with E-state index < -0.39 is 56.7 Å². The molecule has 0 aliphatic heterocycles. The molecule has 0 saturated heterocycles. The van der Waals surface area contributed by atoms with Gasteiger partial charge in [-0.25, -0.2) is 17.5 Å². The van der Waals surface area contributed by atoms with E-state index in [0.29, 0.717) is 12.1 Å². The monoisotopic (exact) mass is 403 g/mol. The standard InChI is InChI=1S/C11H9ClF7NO3S/c12-6-2-1-5(3-7(6)13)24(22,23)20-8(4-21)9(10(14,15)16)11(17,18)19/h1-3,8-9,20-21H,4H2. The van der Waals surface area contributed by atoms with Gasteiger partial charge in [0.15, 0.2) is 5.92 Å². The van der Waals surface area contributed by atoms with Crippen LogP contribution in [0.15, 0.2) is 23.1 Å². The highest BCUT2D eigenvalue weighted by Crippen LogP contribution is 2.41. The molecule has 1 rings (SSSR count). The van der Waals surface area contributed by atoms with Crippen LogP contribution in [0.5, 0.6) is 0 Å². The Labute approximate surface area is 136 Å². The highest BCUT2D eigenvalue weighted by molar-refractivity contribution is 7.89. The molecule has 2 N–H and O–H groups in total. The molecule has 0 spiro atoms. The second kappa shape index (κ2) is 7.02. The van der Waals surface area contributed by atoms with Crippen molar-refractivity contribution in [3.05, 3.63) is 29.0 Å². The summed E-state index contributed by atoms with van der Waals surface area (Å²) in [6, 6.07) is -1.20. The molecule has 0 aliphatic carbocycles. The number of alkyl halides is 6. The van der Waals surface area contributed by atoms with Crippen LogP contribution in [0.3, 0.4) is 0 Å². The normalized spacial score (nSPS) is 14.9. The Kier molecular flexibility index (Phi) is 6.12. The molecule has 13 heteroatoms. The first-order chi connectivity index (χ1) is 10.7. The fourth-order valence-corrected chi connectivity index (χ4v) is 3.13. The van der Waals surface area contributed by atoms with Crippen LogP contribution < -0.4 is 4.72 Å². The first kappa shape index (κ1) is 20.9. The number of hydrogen-bond donors (Lipinski definition) is 2. The van der Waals surface area contributed by atoms with Gasteiger partial charge >= 0.3 is 12.4 Å². The Hall–Kier alpha value is -1.11. The zero-order chi connectivity index (χ0) is 18.9. The molecular formula is C11H9ClF7NO3S. The molecule has 0 amide bonds. The number of nitrogens with one attached hydrogen (secondary N) is 1. The van der Waals surface area contributed by atoms with Crippen molar-refractivity contribution in [2.24, 2.45) is 5.92 Å². The Morgan fingerprint density at radius 1 is 1.12 bits per heavy atom. The van der Waals surface area contributed by atoms with E-state index in [1.165, 1.54) is 0 Å². The van der Waals surface area contributed by atoms with Gasteiger partial charge in [-0.3, -0.25) is 0 Å². The van der Waals surface area contributed by atoms with Crippen LogP contribution in [0.25, 0.3) is 0 Å². The van der Waals surface area contributed by atoms with Gasteiger partial charge in [0.05, 0.1) is 22.6 Å². The van der Waals surface area contributed by atoms with Crippen molar-refractivity contribution in [1.29, 1.82) is 0 Å². The van der Waals surface area contributed by atoms with Crippen molar-refractivity contribution >= 4 is 21.6 Å². The van der Waals surface area contributed by atoms with Crippen LogP contribution >= 0.6 is 11.6 Å². The van der Waals surface area contributed by atoms with Crippen molar-refractivity contribution in [3.8, 4) is 0 Å². The molecule has 0 aromatic heterocycles. The molecule has 1 aromatic carbocycles. The number of hydrogen-bond acceptors (Lipinski definition) is 3. The van der Waals surface area contributed by atoms with E-state index in [1.54, 1.807) is 0 Å². The molecule has 138 valence electrons. The van der Waals surface area contributed by atoms with E-state index in [1.807, 2.05) is 0 Å². The molecule has 0 radical (unpaired) electrons. The maximum atomic E-state index is 13.2. The first-order valence-electron chi connectivity index (χ1n) is 5.92. The summed E-state index contributed by atoms with van der Waals surface area (Å²) in [4.78, 5) is -0.953. The summed E-state index contributed by atoms with van der Waals surface area (Å²) in [7, 11) is -4.99. The zero-order valence-corrected chi connectivity index (χ0v) is 12.9. The SMILES string of the molecule is O=S(=O)(NC(CO)C(C(F)(F)F)C(F)(F)F)c1ccc(Cl)c(F)c1. The summed E-state index contributed by atoms with van der Waals surface area (Å²) < 4.78 is 114. The third-order valence-electron chi connectivity index (χ3n) is 2.81. The van der Waals surface area contributed by atoms with E-state index in [0.717, 1.165) is 10.8 Å². The molecule has 1 unspecified atom stereocenters. The van der Waals surface area contributed by atoms with Crippen LogP contribution in [0, 0.1) is 11.7 Å². The van der Waals surface area contributed by atoms with E-state index >= 15 is 0 Å². The van der Waals surface area contributed by atoms with Crippen LogP contribution in [-0.4, -0.2) is 38.5 Å². The van der Waals surface area contributed by atoms with Crippen LogP contribution in [0.1, 0.15) is 0 Å². The van der Waals surface area contributed by atoms with Crippen molar-refractivity contribution in [3.63, 3.8) is 0 Å². The number of rotatable bonds is 5. The smallest absolute Gasteiger partial charge is 0.395 e. The number of aliphatic hydroxyl groups is 1. The third-order valence-corrected chi connectivity index (χ3v) is 4.61. The molecule has 1 atom stereocenters. The van der Waals surface area contributed by atoms with Gasteiger partial charge in [0.25, 0.3) is 0 Å². The topological polar surface area (TPSA) is 66.4 Å². The lowest BCUT2D eigenvalue weighted by molar-refractivity contribution is -0.292. The second-order valence-electron chi connectivity index (χ2n) is 4.55. The summed E-state index contributed by atoms with van der Waals surface area (Å²) in [5.74, 6) is -5.40. The van der Waals surface area contributed by atoms with Gasteiger partial charge in [-0.1, -0.05) is 11.6 Å². The van der Waals surface area contributed by atoms with Gasteiger partial charge in [-0.05, 0) is 18.2 Å². The van der Waals surface area contributed by atoms with Crippen molar-refractivity contribution in [2.45, 2.75) is 23.3 Å².